The Bertz CT molecular complexity index is 138. The monoisotopic (exact) mass is 173 g/mol. The van der Waals surface area contributed by atoms with Crippen LogP contribution < -0.4 is 5.32 Å². The van der Waals surface area contributed by atoms with Gasteiger partial charge in [0.05, 0.1) is 13.2 Å². The highest BCUT2D eigenvalue weighted by Gasteiger charge is 2.10. The highest BCUT2D eigenvalue weighted by atomic mass is 16.5. The Morgan fingerprint density at radius 1 is 1.42 bits per heavy atom. The first-order chi connectivity index (χ1) is 5.45. The summed E-state index contributed by atoms with van der Waals surface area (Å²) < 4.78 is 4.76. The normalized spacial score (nSPS) is 11.3. The van der Waals surface area contributed by atoms with Gasteiger partial charge in [-0.1, -0.05) is 20.8 Å². The van der Waals surface area contributed by atoms with Gasteiger partial charge in [0, 0.05) is 6.54 Å². The number of esters is 1. The fourth-order valence-corrected chi connectivity index (χ4v) is 0.752. The van der Waals surface area contributed by atoms with Gasteiger partial charge >= 0.3 is 5.97 Å². The molecule has 0 rings (SSSR count). The summed E-state index contributed by atoms with van der Waals surface area (Å²) in [6, 6.07) is 0. The van der Waals surface area contributed by atoms with Gasteiger partial charge in [-0.25, -0.2) is 0 Å². The molecule has 0 fully saturated rings. The van der Waals surface area contributed by atoms with E-state index < -0.39 is 0 Å². The molecule has 3 heteroatoms. The average Bonchev–Trinajstić information content (AvgIpc) is 1.84. The fourth-order valence-electron chi connectivity index (χ4n) is 0.752. The van der Waals surface area contributed by atoms with E-state index in [0.717, 1.165) is 6.54 Å². The molecule has 0 aliphatic rings. The average molecular weight is 173 g/mol. The molecule has 0 heterocycles. The Hall–Kier alpha value is -0.570. The summed E-state index contributed by atoms with van der Waals surface area (Å²) in [5, 5.41) is 3.04. The first kappa shape index (κ1) is 11.4. The Balaban J connectivity index is 3.37. The lowest BCUT2D eigenvalue weighted by molar-refractivity contribution is -0.142. The Labute approximate surface area is 74.5 Å². The van der Waals surface area contributed by atoms with Crippen LogP contribution in [0.1, 0.15) is 27.7 Å². The van der Waals surface area contributed by atoms with Crippen molar-refractivity contribution in [3.8, 4) is 0 Å². The molecule has 0 aromatic carbocycles. The van der Waals surface area contributed by atoms with Crippen molar-refractivity contribution in [3.63, 3.8) is 0 Å². The number of hydrogen-bond acceptors (Lipinski definition) is 3. The van der Waals surface area contributed by atoms with E-state index in [-0.39, 0.29) is 11.4 Å². The quantitative estimate of drug-likeness (QED) is 0.649. The van der Waals surface area contributed by atoms with Crippen LogP contribution in [0.3, 0.4) is 0 Å². The zero-order chi connectivity index (χ0) is 9.61. The molecule has 0 aliphatic carbocycles. The van der Waals surface area contributed by atoms with Gasteiger partial charge in [-0.15, -0.1) is 0 Å². The van der Waals surface area contributed by atoms with E-state index in [1.165, 1.54) is 0 Å². The number of ether oxygens (including phenoxy) is 1. The summed E-state index contributed by atoms with van der Waals surface area (Å²) in [6.07, 6.45) is 0. The Kier molecular flexibility index (Phi) is 4.90. The first-order valence-electron chi connectivity index (χ1n) is 4.32. The molecule has 0 aliphatic heterocycles. The van der Waals surface area contributed by atoms with E-state index in [9.17, 15) is 4.79 Å². The van der Waals surface area contributed by atoms with Crippen LogP contribution in [0, 0.1) is 5.41 Å². The molecule has 0 amide bonds. The third-order valence-electron chi connectivity index (χ3n) is 1.23. The topological polar surface area (TPSA) is 38.3 Å². The van der Waals surface area contributed by atoms with Gasteiger partial charge in [-0.2, -0.15) is 0 Å². The van der Waals surface area contributed by atoms with E-state index in [1.807, 2.05) is 6.92 Å². The van der Waals surface area contributed by atoms with E-state index in [4.69, 9.17) is 4.74 Å². The SMILES string of the molecule is CCOC(=O)CNCC(C)(C)C. The van der Waals surface area contributed by atoms with Gasteiger partial charge in [0.15, 0.2) is 0 Å². The molecule has 12 heavy (non-hydrogen) atoms. The minimum atomic E-state index is -0.179. The molecule has 0 radical (unpaired) electrons. The highest BCUT2D eigenvalue weighted by molar-refractivity contribution is 5.71. The summed E-state index contributed by atoms with van der Waals surface area (Å²) in [6.45, 7) is 9.75. The van der Waals surface area contributed by atoms with Crippen molar-refractivity contribution in [3.05, 3.63) is 0 Å². The van der Waals surface area contributed by atoms with Crippen molar-refractivity contribution < 1.29 is 9.53 Å². The van der Waals surface area contributed by atoms with Crippen LogP contribution >= 0.6 is 0 Å². The Morgan fingerprint density at radius 2 is 2.00 bits per heavy atom. The smallest absolute Gasteiger partial charge is 0.319 e. The molecule has 0 aromatic rings. The van der Waals surface area contributed by atoms with Crippen molar-refractivity contribution >= 4 is 5.97 Å². The molecule has 3 nitrogen and oxygen atoms in total. The summed E-state index contributed by atoms with van der Waals surface area (Å²) >= 11 is 0. The number of hydrogen-bond donors (Lipinski definition) is 1. The largest absolute Gasteiger partial charge is 0.465 e. The molecule has 0 saturated carbocycles. The molecule has 72 valence electrons. The molecular formula is C9H19NO2. The van der Waals surface area contributed by atoms with Crippen LogP contribution in [0.2, 0.25) is 0 Å². The number of carbonyl (C=O) groups is 1. The number of nitrogens with one attached hydrogen (secondary N) is 1. The molecule has 0 saturated heterocycles. The van der Waals surface area contributed by atoms with Crippen molar-refractivity contribution in [1.29, 1.82) is 0 Å². The predicted octanol–water partition coefficient (Wildman–Crippen LogP) is 1.19. The minimum absolute atomic E-state index is 0.179. The van der Waals surface area contributed by atoms with Gasteiger partial charge in [0.25, 0.3) is 0 Å². The van der Waals surface area contributed by atoms with Crippen LogP contribution in [-0.4, -0.2) is 25.7 Å². The maximum absolute atomic E-state index is 10.8. The second kappa shape index (κ2) is 5.14. The van der Waals surface area contributed by atoms with Crippen molar-refractivity contribution in [2.75, 3.05) is 19.7 Å². The van der Waals surface area contributed by atoms with E-state index in [2.05, 4.69) is 26.1 Å². The zero-order valence-corrected chi connectivity index (χ0v) is 8.44. The molecular weight excluding hydrogens is 154 g/mol. The van der Waals surface area contributed by atoms with Gasteiger partial charge < -0.3 is 10.1 Å². The second-order valence-corrected chi connectivity index (χ2v) is 3.97. The number of carbonyl (C=O) groups excluding carboxylic acids is 1. The van der Waals surface area contributed by atoms with Crippen molar-refractivity contribution in [2.45, 2.75) is 27.7 Å². The summed E-state index contributed by atoms with van der Waals surface area (Å²) in [7, 11) is 0. The van der Waals surface area contributed by atoms with Crippen LogP contribution in [0.4, 0.5) is 0 Å². The van der Waals surface area contributed by atoms with Gasteiger partial charge in [-0.05, 0) is 12.3 Å². The third kappa shape index (κ3) is 7.54. The maximum Gasteiger partial charge on any atom is 0.319 e. The second-order valence-electron chi connectivity index (χ2n) is 3.97. The lowest BCUT2D eigenvalue weighted by Crippen LogP contribution is -2.32. The zero-order valence-electron chi connectivity index (χ0n) is 8.44. The lowest BCUT2D eigenvalue weighted by Gasteiger charge is -2.18. The van der Waals surface area contributed by atoms with Gasteiger partial charge in [0.1, 0.15) is 0 Å². The minimum Gasteiger partial charge on any atom is -0.465 e. The maximum atomic E-state index is 10.8. The molecule has 1 N–H and O–H groups in total. The van der Waals surface area contributed by atoms with Gasteiger partial charge in [-0.3, -0.25) is 4.79 Å². The summed E-state index contributed by atoms with van der Waals surface area (Å²) in [5.74, 6) is -0.179. The molecule has 0 atom stereocenters. The van der Waals surface area contributed by atoms with Crippen molar-refractivity contribution in [1.82, 2.24) is 5.32 Å². The first-order valence-corrected chi connectivity index (χ1v) is 4.32. The van der Waals surface area contributed by atoms with Crippen molar-refractivity contribution in [2.24, 2.45) is 5.41 Å². The highest BCUT2D eigenvalue weighted by Crippen LogP contribution is 2.09. The van der Waals surface area contributed by atoms with Gasteiger partial charge in [0.2, 0.25) is 0 Å². The molecule has 0 unspecified atom stereocenters. The molecule has 0 aromatic heterocycles. The number of rotatable bonds is 4. The summed E-state index contributed by atoms with van der Waals surface area (Å²) in [5.41, 5.74) is 0.215. The molecule has 0 bridgehead atoms. The predicted molar refractivity (Wildman–Crippen MR) is 49.0 cm³/mol. The third-order valence-corrected chi connectivity index (χ3v) is 1.23. The van der Waals surface area contributed by atoms with Crippen LogP contribution in [0.15, 0.2) is 0 Å². The van der Waals surface area contributed by atoms with Crippen LogP contribution in [-0.2, 0) is 9.53 Å². The fraction of sp³-hybridized carbons (Fsp3) is 0.889. The van der Waals surface area contributed by atoms with E-state index >= 15 is 0 Å². The Morgan fingerprint density at radius 3 is 2.42 bits per heavy atom. The van der Waals surface area contributed by atoms with E-state index in [1.54, 1.807) is 0 Å². The standard InChI is InChI=1S/C9H19NO2/c1-5-12-8(11)6-10-7-9(2,3)4/h10H,5-7H2,1-4H3. The van der Waals surface area contributed by atoms with Crippen LogP contribution in [0.25, 0.3) is 0 Å². The summed E-state index contributed by atoms with van der Waals surface area (Å²) in [4.78, 5) is 10.8. The molecule has 0 spiro atoms. The van der Waals surface area contributed by atoms with E-state index in [0.29, 0.717) is 13.2 Å². The van der Waals surface area contributed by atoms with Crippen LogP contribution in [0.5, 0.6) is 0 Å². The lowest BCUT2D eigenvalue weighted by atomic mass is 9.97.